The molecule has 9 nitrogen and oxygen atoms in total. The first-order valence-corrected chi connectivity index (χ1v) is 9.78. The molecule has 0 aliphatic carbocycles. The summed E-state index contributed by atoms with van der Waals surface area (Å²) in [6.45, 7) is 1.99. The van der Waals surface area contributed by atoms with E-state index in [1.54, 1.807) is 23.1 Å². The number of hydrogen-bond donors (Lipinski definition) is 3. The number of anilines is 3. The third-order valence-corrected chi connectivity index (χ3v) is 4.95. The average molecular weight is 405 g/mol. The molecule has 1 fully saturated rings. The Morgan fingerprint density at radius 3 is 2.77 bits per heavy atom. The molecule has 1 saturated heterocycles. The average Bonchev–Trinajstić information content (AvgIpc) is 3.20. The first kappa shape index (κ1) is 18.4. The Kier molecular flexibility index (Phi) is 4.89. The van der Waals surface area contributed by atoms with Crippen molar-refractivity contribution in [3.8, 4) is 11.3 Å². The van der Waals surface area contributed by atoms with Crippen molar-refractivity contribution in [1.29, 1.82) is 0 Å². The Labute approximate surface area is 171 Å². The third kappa shape index (κ3) is 3.77. The topological polar surface area (TPSA) is 105 Å². The molecule has 1 unspecified atom stereocenters. The summed E-state index contributed by atoms with van der Waals surface area (Å²) in [6, 6.07) is 7.07. The predicted molar refractivity (Wildman–Crippen MR) is 111 cm³/mol. The molecule has 152 valence electrons. The lowest BCUT2D eigenvalue weighted by atomic mass is 10.1. The molecule has 5 rings (SSSR count). The maximum Gasteiger partial charge on any atom is 0.228 e. The highest BCUT2D eigenvalue weighted by Crippen LogP contribution is 2.21. The van der Waals surface area contributed by atoms with Gasteiger partial charge in [-0.3, -0.25) is 0 Å². The van der Waals surface area contributed by atoms with Gasteiger partial charge in [-0.2, -0.15) is 0 Å². The number of aromatic nitrogens is 6. The molecule has 1 aliphatic rings. The van der Waals surface area contributed by atoms with Gasteiger partial charge in [-0.1, -0.05) is 0 Å². The van der Waals surface area contributed by atoms with Gasteiger partial charge in [0.15, 0.2) is 17.3 Å². The Balaban J connectivity index is 1.38. The molecular weight excluding hydrogens is 385 g/mol. The van der Waals surface area contributed by atoms with Crippen LogP contribution in [-0.4, -0.2) is 48.7 Å². The van der Waals surface area contributed by atoms with Crippen molar-refractivity contribution < 1.29 is 4.39 Å². The van der Waals surface area contributed by atoms with E-state index in [0.29, 0.717) is 6.04 Å². The maximum atomic E-state index is 13.7. The Bertz CT molecular complexity index is 1150. The summed E-state index contributed by atoms with van der Waals surface area (Å²) in [6.07, 6.45) is 8.79. The van der Waals surface area contributed by atoms with Gasteiger partial charge >= 0.3 is 0 Å². The van der Waals surface area contributed by atoms with Crippen LogP contribution in [0.5, 0.6) is 0 Å². The molecule has 10 heteroatoms. The van der Waals surface area contributed by atoms with Crippen LogP contribution in [0.1, 0.15) is 12.8 Å². The minimum Gasteiger partial charge on any atom is -0.365 e. The minimum atomic E-state index is -0.468. The van der Waals surface area contributed by atoms with E-state index in [2.05, 4.69) is 35.9 Å². The molecule has 0 aromatic carbocycles. The van der Waals surface area contributed by atoms with Crippen molar-refractivity contribution in [2.24, 2.45) is 0 Å². The number of pyridine rings is 1. The molecule has 4 aromatic rings. The van der Waals surface area contributed by atoms with E-state index in [9.17, 15) is 4.39 Å². The second-order valence-electron chi connectivity index (χ2n) is 7.07. The van der Waals surface area contributed by atoms with Gasteiger partial charge < -0.3 is 16.0 Å². The van der Waals surface area contributed by atoms with Crippen LogP contribution in [-0.2, 0) is 0 Å². The van der Waals surface area contributed by atoms with E-state index in [4.69, 9.17) is 5.10 Å². The molecule has 0 spiro atoms. The first-order chi connectivity index (χ1) is 14.8. The molecule has 3 N–H and O–H groups in total. The Morgan fingerprint density at radius 2 is 1.97 bits per heavy atom. The molecule has 0 amide bonds. The number of nitrogens with zero attached hydrogens (tertiary/aromatic N) is 6. The van der Waals surface area contributed by atoms with Gasteiger partial charge in [0.2, 0.25) is 5.95 Å². The lowest BCUT2D eigenvalue weighted by Crippen LogP contribution is -2.38. The highest BCUT2D eigenvalue weighted by atomic mass is 19.1. The molecule has 4 aromatic heterocycles. The number of piperidine rings is 1. The molecule has 0 saturated carbocycles. The van der Waals surface area contributed by atoms with Crippen molar-refractivity contribution in [1.82, 2.24) is 34.9 Å². The Hall–Kier alpha value is -3.66. The van der Waals surface area contributed by atoms with Crippen LogP contribution in [0.4, 0.5) is 22.0 Å². The van der Waals surface area contributed by atoms with E-state index in [1.165, 1.54) is 18.3 Å². The van der Waals surface area contributed by atoms with Crippen LogP contribution < -0.4 is 16.0 Å². The highest BCUT2D eigenvalue weighted by molar-refractivity contribution is 5.63. The molecule has 5 heterocycles. The molecule has 0 radical (unpaired) electrons. The fourth-order valence-corrected chi connectivity index (χ4v) is 3.44. The van der Waals surface area contributed by atoms with Gasteiger partial charge in [0.25, 0.3) is 0 Å². The molecular formula is C20H20FN9. The van der Waals surface area contributed by atoms with Gasteiger partial charge in [-0.15, -0.1) is 5.10 Å². The third-order valence-electron chi connectivity index (χ3n) is 4.95. The second kappa shape index (κ2) is 7.99. The van der Waals surface area contributed by atoms with Gasteiger partial charge in [0.05, 0.1) is 11.9 Å². The van der Waals surface area contributed by atoms with Gasteiger partial charge in [-0.25, -0.2) is 28.8 Å². The van der Waals surface area contributed by atoms with Gasteiger partial charge in [0, 0.05) is 36.7 Å². The number of nitrogens with one attached hydrogen (secondary N) is 3. The maximum absolute atomic E-state index is 13.7. The first-order valence-electron chi connectivity index (χ1n) is 9.78. The summed E-state index contributed by atoms with van der Waals surface area (Å²) in [5.41, 5.74) is 2.25. The molecule has 1 aliphatic heterocycles. The van der Waals surface area contributed by atoms with Crippen molar-refractivity contribution in [3.05, 3.63) is 54.9 Å². The SMILES string of the molecule is Fc1cccnc1Nc1ncc(-c2cnc3ccc(NC4CCCNC4)nn23)cn1. The summed E-state index contributed by atoms with van der Waals surface area (Å²) in [4.78, 5) is 16.9. The number of rotatable bonds is 5. The zero-order valence-corrected chi connectivity index (χ0v) is 16.1. The molecule has 1 atom stereocenters. The fraction of sp³-hybridized carbons (Fsp3) is 0.250. The van der Waals surface area contributed by atoms with Crippen LogP contribution in [0.15, 0.2) is 49.1 Å². The monoisotopic (exact) mass is 405 g/mol. The second-order valence-corrected chi connectivity index (χ2v) is 7.07. The van der Waals surface area contributed by atoms with E-state index >= 15 is 0 Å². The number of imidazole rings is 1. The quantitative estimate of drug-likeness (QED) is 0.465. The van der Waals surface area contributed by atoms with Crippen molar-refractivity contribution in [2.75, 3.05) is 23.7 Å². The Morgan fingerprint density at radius 1 is 1.07 bits per heavy atom. The van der Waals surface area contributed by atoms with E-state index < -0.39 is 5.82 Å². The number of hydrogen-bond acceptors (Lipinski definition) is 8. The van der Waals surface area contributed by atoms with Crippen LogP contribution in [0.2, 0.25) is 0 Å². The van der Waals surface area contributed by atoms with Crippen LogP contribution in [0, 0.1) is 5.82 Å². The molecule has 0 bridgehead atoms. The standard InChI is InChI=1S/C20H20FN9/c21-15-4-2-8-23-19(15)28-20-25-9-13(10-26-20)16-12-24-18-6-5-17(29-30(16)18)27-14-3-1-7-22-11-14/h2,4-6,8-10,12,14,22H,1,3,7,11H2,(H,27,29)(H,23,25,26,28). The largest absolute Gasteiger partial charge is 0.365 e. The lowest BCUT2D eigenvalue weighted by molar-refractivity contribution is 0.478. The normalized spacial score (nSPS) is 16.5. The summed E-state index contributed by atoms with van der Waals surface area (Å²) in [5.74, 6) is 0.657. The van der Waals surface area contributed by atoms with Crippen LogP contribution >= 0.6 is 0 Å². The van der Waals surface area contributed by atoms with Crippen molar-refractivity contribution in [3.63, 3.8) is 0 Å². The summed E-state index contributed by atoms with van der Waals surface area (Å²) >= 11 is 0. The predicted octanol–water partition coefficient (Wildman–Crippen LogP) is 2.63. The van der Waals surface area contributed by atoms with E-state index in [0.717, 1.165) is 48.7 Å². The van der Waals surface area contributed by atoms with Crippen molar-refractivity contribution in [2.45, 2.75) is 18.9 Å². The zero-order valence-electron chi connectivity index (χ0n) is 16.1. The summed E-state index contributed by atoms with van der Waals surface area (Å²) in [7, 11) is 0. The van der Waals surface area contributed by atoms with Crippen molar-refractivity contribution >= 4 is 23.2 Å². The van der Waals surface area contributed by atoms with E-state index in [1.807, 2.05) is 12.1 Å². The highest BCUT2D eigenvalue weighted by Gasteiger charge is 2.15. The van der Waals surface area contributed by atoms with Gasteiger partial charge in [0.1, 0.15) is 5.82 Å². The van der Waals surface area contributed by atoms with Crippen LogP contribution in [0.3, 0.4) is 0 Å². The number of fused-ring (bicyclic) bond motifs is 1. The fourth-order valence-electron chi connectivity index (χ4n) is 3.44. The van der Waals surface area contributed by atoms with Gasteiger partial charge in [-0.05, 0) is 43.7 Å². The number of halogens is 1. The lowest BCUT2D eigenvalue weighted by Gasteiger charge is -2.24. The van der Waals surface area contributed by atoms with E-state index in [-0.39, 0.29) is 11.8 Å². The smallest absolute Gasteiger partial charge is 0.228 e. The molecule has 30 heavy (non-hydrogen) atoms. The zero-order chi connectivity index (χ0) is 20.3. The van der Waals surface area contributed by atoms with Crippen LogP contribution in [0.25, 0.3) is 16.9 Å². The summed E-state index contributed by atoms with van der Waals surface area (Å²) < 4.78 is 15.5. The minimum absolute atomic E-state index is 0.0784. The summed E-state index contributed by atoms with van der Waals surface area (Å²) in [5, 5.41) is 14.3.